The van der Waals surface area contributed by atoms with E-state index in [-0.39, 0.29) is 11.8 Å². The summed E-state index contributed by atoms with van der Waals surface area (Å²) < 4.78 is 0. The van der Waals surface area contributed by atoms with Gasteiger partial charge >= 0.3 is 5.97 Å². The molecule has 1 fully saturated rings. The van der Waals surface area contributed by atoms with Crippen molar-refractivity contribution in [3.8, 4) is 11.3 Å². The number of rotatable bonds is 6. The van der Waals surface area contributed by atoms with E-state index in [0.717, 1.165) is 28.2 Å². The van der Waals surface area contributed by atoms with Gasteiger partial charge in [-0.25, -0.2) is 4.98 Å². The normalized spacial score (nSPS) is 19.3. The molecule has 120 valence electrons. The summed E-state index contributed by atoms with van der Waals surface area (Å²) in [7, 11) is 0. The molecule has 1 aliphatic rings. The van der Waals surface area contributed by atoms with Crippen LogP contribution in [0, 0.1) is 18.8 Å². The van der Waals surface area contributed by atoms with Gasteiger partial charge in [0.05, 0.1) is 22.5 Å². The Balaban J connectivity index is 1.48. The molecule has 0 bridgehead atoms. The highest BCUT2D eigenvalue weighted by Crippen LogP contribution is 2.38. The molecule has 0 spiro atoms. The van der Waals surface area contributed by atoms with Gasteiger partial charge in [-0.1, -0.05) is 24.3 Å². The van der Waals surface area contributed by atoms with Crippen molar-refractivity contribution in [1.29, 1.82) is 0 Å². The Labute approximate surface area is 138 Å². The van der Waals surface area contributed by atoms with E-state index in [4.69, 9.17) is 5.11 Å². The molecule has 0 unspecified atom stereocenters. The van der Waals surface area contributed by atoms with Crippen molar-refractivity contribution in [2.24, 2.45) is 11.8 Å². The summed E-state index contributed by atoms with van der Waals surface area (Å²) in [6.45, 7) is 2.51. The third-order valence-corrected chi connectivity index (χ3v) is 4.80. The Morgan fingerprint density at radius 1 is 1.30 bits per heavy atom. The third kappa shape index (κ3) is 3.76. The molecular weight excluding hydrogens is 312 g/mol. The number of carboxylic acid groups (broad SMARTS) is 1. The van der Waals surface area contributed by atoms with Crippen molar-refractivity contribution in [1.82, 2.24) is 10.3 Å². The highest BCUT2D eigenvalue weighted by atomic mass is 32.1. The standard InChI is InChI=1S/C17H18N2O3S/c1-10-19-15(9-23-10)12-4-2-11(3-5-12)6-7-18-16(20)13-8-14(13)17(21)22/h2-5,9,13-14H,6-8H2,1H3,(H,18,20)(H,21,22)/t13-,14+/m0/s1. The molecule has 3 rings (SSSR count). The molecule has 1 saturated carbocycles. The Morgan fingerprint density at radius 2 is 2.04 bits per heavy atom. The number of carbonyl (C=O) groups is 2. The van der Waals surface area contributed by atoms with Crippen LogP contribution in [-0.2, 0) is 16.0 Å². The summed E-state index contributed by atoms with van der Waals surface area (Å²) in [6, 6.07) is 8.14. The molecule has 2 aromatic rings. The number of amides is 1. The number of nitrogens with zero attached hydrogens (tertiary/aromatic N) is 1. The van der Waals surface area contributed by atoms with Crippen LogP contribution in [0.3, 0.4) is 0 Å². The van der Waals surface area contributed by atoms with Crippen LogP contribution in [0.4, 0.5) is 0 Å². The minimum Gasteiger partial charge on any atom is -0.481 e. The van der Waals surface area contributed by atoms with Crippen LogP contribution in [0.5, 0.6) is 0 Å². The van der Waals surface area contributed by atoms with Gasteiger partial charge in [0, 0.05) is 17.5 Å². The van der Waals surface area contributed by atoms with E-state index in [1.54, 1.807) is 11.3 Å². The van der Waals surface area contributed by atoms with Crippen LogP contribution < -0.4 is 5.32 Å². The van der Waals surface area contributed by atoms with Gasteiger partial charge in [0.15, 0.2) is 0 Å². The fourth-order valence-corrected chi connectivity index (χ4v) is 3.18. The summed E-state index contributed by atoms with van der Waals surface area (Å²) in [5.74, 6) is -1.86. The minimum absolute atomic E-state index is 0.146. The minimum atomic E-state index is -0.877. The molecule has 0 radical (unpaired) electrons. The van der Waals surface area contributed by atoms with Gasteiger partial charge < -0.3 is 10.4 Å². The zero-order chi connectivity index (χ0) is 16.4. The summed E-state index contributed by atoms with van der Waals surface area (Å²) in [4.78, 5) is 27.0. The van der Waals surface area contributed by atoms with Crippen LogP contribution in [0.15, 0.2) is 29.6 Å². The predicted octanol–water partition coefficient (Wildman–Crippen LogP) is 2.50. The lowest BCUT2D eigenvalue weighted by Gasteiger charge is -2.05. The number of aromatic nitrogens is 1. The number of hydrogen-bond donors (Lipinski definition) is 2. The lowest BCUT2D eigenvalue weighted by molar-refractivity contribution is -0.140. The Bertz CT molecular complexity index is 724. The van der Waals surface area contributed by atoms with E-state index in [9.17, 15) is 9.59 Å². The maximum Gasteiger partial charge on any atom is 0.307 e. The number of carbonyl (C=O) groups excluding carboxylic acids is 1. The molecule has 1 heterocycles. The van der Waals surface area contributed by atoms with E-state index < -0.39 is 11.9 Å². The molecule has 1 aliphatic carbocycles. The molecule has 5 nitrogen and oxygen atoms in total. The second-order valence-electron chi connectivity index (χ2n) is 5.78. The summed E-state index contributed by atoms with van der Waals surface area (Å²) in [5.41, 5.74) is 3.21. The number of hydrogen-bond acceptors (Lipinski definition) is 4. The first-order valence-corrected chi connectivity index (χ1v) is 8.44. The monoisotopic (exact) mass is 330 g/mol. The molecule has 6 heteroatoms. The van der Waals surface area contributed by atoms with Crippen LogP contribution >= 0.6 is 11.3 Å². The van der Waals surface area contributed by atoms with Gasteiger partial charge in [-0.2, -0.15) is 0 Å². The number of benzene rings is 1. The molecule has 0 saturated heterocycles. The second kappa shape index (κ2) is 6.50. The molecule has 0 aliphatic heterocycles. The van der Waals surface area contributed by atoms with Crippen molar-refractivity contribution in [3.05, 3.63) is 40.2 Å². The Hall–Kier alpha value is -2.21. The van der Waals surface area contributed by atoms with E-state index in [1.165, 1.54) is 0 Å². The van der Waals surface area contributed by atoms with E-state index >= 15 is 0 Å². The van der Waals surface area contributed by atoms with Gasteiger partial charge in [-0.05, 0) is 25.3 Å². The lowest BCUT2D eigenvalue weighted by atomic mass is 10.1. The highest BCUT2D eigenvalue weighted by molar-refractivity contribution is 7.09. The molecule has 23 heavy (non-hydrogen) atoms. The summed E-state index contributed by atoms with van der Waals surface area (Å²) in [6.07, 6.45) is 1.19. The van der Waals surface area contributed by atoms with Crippen LogP contribution in [0.1, 0.15) is 17.0 Å². The molecule has 1 aromatic heterocycles. The number of carboxylic acids is 1. The summed E-state index contributed by atoms with van der Waals surface area (Å²) in [5, 5.41) is 14.7. The van der Waals surface area contributed by atoms with Crippen molar-refractivity contribution in [2.45, 2.75) is 19.8 Å². The zero-order valence-corrected chi connectivity index (χ0v) is 13.6. The first kappa shape index (κ1) is 15.7. The van der Waals surface area contributed by atoms with E-state index in [2.05, 4.69) is 10.3 Å². The fraction of sp³-hybridized carbons (Fsp3) is 0.353. The predicted molar refractivity (Wildman–Crippen MR) is 88.2 cm³/mol. The van der Waals surface area contributed by atoms with Gasteiger partial charge in [0.1, 0.15) is 0 Å². The first-order chi connectivity index (χ1) is 11.0. The number of aryl methyl sites for hydroxylation is 1. The lowest BCUT2D eigenvalue weighted by Crippen LogP contribution is -2.28. The van der Waals surface area contributed by atoms with Crippen molar-refractivity contribution in [2.75, 3.05) is 6.54 Å². The largest absolute Gasteiger partial charge is 0.481 e. The van der Waals surface area contributed by atoms with Gasteiger partial charge in [-0.15, -0.1) is 11.3 Å². The van der Waals surface area contributed by atoms with E-state index in [0.29, 0.717) is 13.0 Å². The Morgan fingerprint density at radius 3 is 2.61 bits per heavy atom. The SMILES string of the molecule is Cc1nc(-c2ccc(CCNC(=O)[C@H]3C[C@H]3C(=O)O)cc2)cs1. The number of aliphatic carboxylic acids is 1. The average molecular weight is 330 g/mol. The van der Waals surface area contributed by atoms with Crippen molar-refractivity contribution < 1.29 is 14.7 Å². The molecule has 1 aromatic carbocycles. The second-order valence-corrected chi connectivity index (χ2v) is 6.84. The highest BCUT2D eigenvalue weighted by Gasteiger charge is 2.48. The zero-order valence-electron chi connectivity index (χ0n) is 12.8. The van der Waals surface area contributed by atoms with Crippen molar-refractivity contribution in [3.63, 3.8) is 0 Å². The van der Waals surface area contributed by atoms with Crippen LogP contribution in [0.2, 0.25) is 0 Å². The van der Waals surface area contributed by atoms with E-state index in [1.807, 2.05) is 36.6 Å². The van der Waals surface area contributed by atoms with Gasteiger partial charge in [0.25, 0.3) is 0 Å². The number of thiazole rings is 1. The quantitative estimate of drug-likeness (QED) is 0.853. The first-order valence-electron chi connectivity index (χ1n) is 7.56. The van der Waals surface area contributed by atoms with Gasteiger partial charge in [-0.3, -0.25) is 9.59 Å². The molecular formula is C17H18N2O3S. The van der Waals surface area contributed by atoms with Crippen LogP contribution in [0.25, 0.3) is 11.3 Å². The molecule has 2 N–H and O–H groups in total. The topological polar surface area (TPSA) is 79.3 Å². The third-order valence-electron chi connectivity index (χ3n) is 4.03. The summed E-state index contributed by atoms with van der Waals surface area (Å²) >= 11 is 1.63. The van der Waals surface area contributed by atoms with Crippen LogP contribution in [-0.4, -0.2) is 28.5 Å². The molecule has 2 atom stereocenters. The fourth-order valence-electron chi connectivity index (χ4n) is 2.56. The Kier molecular flexibility index (Phi) is 4.43. The average Bonchev–Trinajstić information content (AvgIpc) is 3.23. The smallest absolute Gasteiger partial charge is 0.307 e. The van der Waals surface area contributed by atoms with Crippen molar-refractivity contribution >= 4 is 23.2 Å². The van der Waals surface area contributed by atoms with Gasteiger partial charge in [0.2, 0.25) is 5.91 Å². The maximum absolute atomic E-state index is 11.8. The molecule has 1 amide bonds. The maximum atomic E-state index is 11.8. The number of nitrogens with one attached hydrogen (secondary N) is 1.